The number of anilines is 1. The number of nitrogens with zero attached hydrogens (tertiary/aromatic N) is 5. The van der Waals surface area contributed by atoms with Crippen LogP contribution >= 0.6 is 0 Å². The van der Waals surface area contributed by atoms with Gasteiger partial charge < -0.3 is 10.2 Å². The summed E-state index contributed by atoms with van der Waals surface area (Å²) in [6.07, 6.45) is 4.04. The Morgan fingerprint density at radius 3 is 2.85 bits per heavy atom. The van der Waals surface area contributed by atoms with E-state index < -0.39 is 0 Å². The monoisotopic (exact) mass is 368 g/mol. The van der Waals surface area contributed by atoms with Crippen LogP contribution in [0.25, 0.3) is 0 Å². The maximum Gasteiger partial charge on any atom is 0.227 e. The predicted molar refractivity (Wildman–Crippen MR) is 103 cm³/mol. The van der Waals surface area contributed by atoms with Crippen molar-refractivity contribution in [2.45, 2.75) is 77.0 Å². The molecule has 1 amide bonds. The molecule has 0 radical (unpaired) electrons. The highest BCUT2D eigenvalue weighted by Crippen LogP contribution is 2.40. The number of tetrazole rings is 1. The first-order valence-electron chi connectivity index (χ1n) is 10.0. The van der Waals surface area contributed by atoms with Crippen LogP contribution in [-0.4, -0.2) is 38.2 Å². The van der Waals surface area contributed by atoms with Crippen molar-refractivity contribution in [2.75, 3.05) is 4.90 Å². The molecule has 3 atom stereocenters. The highest BCUT2D eigenvalue weighted by molar-refractivity contribution is 5.86. The lowest BCUT2D eigenvalue weighted by Crippen LogP contribution is -2.44. The molecule has 0 saturated heterocycles. The second-order valence-corrected chi connectivity index (χ2v) is 7.91. The minimum absolute atomic E-state index is 0.110. The van der Waals surface area contributed by atoms with Gasteiger partial charge >= 0.3 is 0 Å². The number of hydrogen-bond acceptors (Lipinski definition) is 5. The maximum absolute atomic E-state index is 12.9. The molecule has 0 unspecified atom stereocenters. The van der Waals surface area contributed by atoms with Crippen LogP contribution in [0.3, 0.4) is 0 Å². The normalized spacial score (nSPS) is 23.0. The molecular formula is C20H28N6O. The molecule has 7 heteroatoms. The molecule has 1 aliphatic carbocycles. The SMILES string of the molecule is CC[C@H](C)NC(=O)[C@@H]1C[C@H](C)N(Cc2nnnn2C2CC2)c2ccccc21. The Morgan fingerprint density at radius 1 is 1.33 bits per heavy atom. The number of hydrogen-bond donors (Lipinski definition) is 1. The Labute approximate surface area is 160 Å². The molecule has 1 aromatic carbocycles. The van der Waals surface area contributed by atoms with Gasteiger partial charge in [-0.25, -0.2) is 4.68 Å². The van der Waals surface area contributed by atoms with E-state index >= 15 is 0 Å². The number of benzene rings is 1. The zero-order valence-electron chi connectivity index (χ0n) is 16.3. The topological polar surface area (TPSA) is 75.9 Å². The quantitative estimate of drug-likeness (QED) is 0.848. The number of fused-ring (bicyclic) bond motifs is 1. The molecule has 2 aliphatic rings. The number of rotatable bonds is 6. The van der Waals surface area contributed by atoms with E-state index in [2.05, 4.69) is 58.6 Å². The summed E-state index contributed by atoms with van der Waals surface area (Å²) in [5.74, 6) is 0.925. The minimum Gasteiger partial charge on any atom is -0.361 e. The zero-order valence-corrected chi connectivity index (χ0v) is 16.3. The summed E-state index contributed by atoms with van der Waals surface area (Å²) in [6, 6.07) is 9.14. The molecular weight excluding hydrogens is 340 g/mol. The van der Waals surface area contributed by atoms with Gasteiger partial charge in [0.2, 0.25) is 5.91 Å². The highest BCUT2D eigenvalue weighted by Gasteiger charge is 2.36. The largest absolute Gasteiger partial charge is 0.361 e. The molecule has 7 nitrogen and oxygen atoms in total. The van der Waals surface area contributed by atoms with E-state index in [-0.39, 0.29) is 23.9 Å². The maximum atomic E-state index is 12.9. The van der Waals surface area contributed by atoms with Crippen molar-refractivity contribution in [1.29, 1.82) is 0 Å². The first-order valence-corrected chi connectivity index (χ1v) is 10.0. The van der Waals surface area contributed by atoms with E-state index in [0.29, 0.717) is 12.6 Å². The average Bonchev–Trinajstić information content (AvgIpc) is 3.42. The molecule has 2 heterocycles. The van der Waals surface area contributed by atoms with Crippen molar-refractivity contribution in [3.8, 4) is 0 Å². The Morgan fingerprint density at radius 2 is 2.11 bits per heavy atom. The molecule has 4 rings (SSSR count). The summed E-state index contributed by atoms with van der Waals surface area (Å²) in [5.41, 5.74) is 2.22. The van der Waals surface area contributed by atoms with Crippen LogP contribution in [0.5, 0.6) is 0 Å². The summed E-state index contributed by atoms with van der Waals surface area (Å²) >= 11 is 0. The number of carbonyl (C=O) groups excluding carboxylic acids is 1. The lowest BCUT2D eigenvalue weighted by atomic mass is 9.85. The number of nitrogens with one attached hydrogen (secondary N) is 1. The summed E-state index contributed by atoms with van der Waals surface area (Å²) < 4.78 is 1.97. The van der Waals surface area contributed by atoms with Gasteiger partial charge in [-0.3, -0.25) is 4.79 Å². The fourth-order valence-corrected chi connectivity index (χ4v) is 3.88. The van der Waals surface area contributed by atoms with Gasteiger partial charge in [-0.05, 0) is 61.6 Å². The van der Waals surface area contributed by atoms with E-state index in [1.807, 2.05) is 16.8 Å². The van der Waals surface area contributed by atoms with Gasteiger partial charge in [-0.1, -0.05) is 25.1 Å². The number of carbonyl (C=O) groups is 1. The molecule has 2 aromatic rings. The van der Waals surface area contributed by atoms with Crippen molar-refractivity contribution >= 4 is 11.6 Å². The first-order chi connectivity index (χ1) is 13.1. The van der Waals surface area contributed by atoms with Crippen LogP contribution in [0.2, 0.25) is 0 Å². The fraction of sp³-hybridized carbons (Fsp3) is 0.600. The fourth-order valence-electron chi connectivity index (χ4n) is 3.88. The molecule has 1 saturated carbocycles. The highest BCUT2D eigenvalue weighted by atomic mass is 16.1. The second-order valence-electron chi connectivity index (χ2n) is 7.91. The van der Waals surface area contributed by atoms with Crippen LogP contribution in [-0.2, 0) is 11.3 Å². The molecule has 27 heavy (non-hydrogen) atoms. The van der Waals surface area contributed by atoms with Crippen LogP contribution in [0, 0.1) is 0 Å². The molecule has 1 N–H and O–H groups in total. The standard InChI is InChI=1S/C20H28N6O/c1-4-13(2)21-20(27)17-11-14(3)25(18-8-6-5-7-16(17)18)12-19-22-23-24-26(19)15-9-10-15/h5-8,13-15,17H,4,9-12H2,1-3H3,(H,21,27)/t13-,14-,17+/m0/s1. The third-order valence-electron chi connectivity index (χ3n) is 5.81. The van der Waals surface area contributed by atoms with Crippen molar-refractivity contribution in [3.05, 3.63) is 35.7 Å². The van der Waals surface area contributed by atoms with E-state index in [9.17, 15) is 4.79 Å². The van der Waals surface area contributed by atoms with Crippen LogP contribution in [0.4, 0.5) is 5.69 Å². The van der Waals surface area contributed by atoms with Gasteiger partial charge in [-0.2, -0.15) is 0 Å². The minimum atomic E-state index is -0.110. The van der Waals surface area contributed by atoms with Crippen LogP contribution < -0.4 is 10.2 Å². The van der Waals surface area contributed by atoms with Crippen molar-refractivity contribution < 1.29 is 4.79 Å². The lowest BCUT2D eigenvalue weighted by Gasteiger charge is -2.40. The van der Waals surface area contributed by atoms with Gasteiger partial charge in [0, 0.05) is 17.8 Å². The molecule has 0 bridgehead atoms. The van der Waals surface area contributed by atoms with Crippen molar-refractivity contribution in [2.24, 2.45) is 0 Å². The molecule has 144 valence electrons. The third kappa shape index (κ3) is 3.55. The summed E-state index contributed by atoms with van der Waals surface area (Å²) in [4.78, 5) is 15.2. The van der Waals surface area contributed by atoms with Crippen LogP contribution in [0.15, 0.2) is 24.3 Å². The lowest BCUT2D eigenvalue weighted by molar-refractivity contribution is -0.123. The smallest absolute Gasteiger partial charge is 0.227 e. The van der Waals surface area contributed by atoms with Gasteiger partial charge in [0.15, 0.2) is 5.82 Å². The molecule has 0 spiro atoms. The Balaban J connectivity index is 1.61. The summed E-state index contributed by atoms with van der Waals surface area (Å²) in [7, 11) is 0. The van der Waals surface area contributed by atoms with E-state index in [1.54, 1.807) is 0 Å². The summed E-state index contributed by atoms with van der Waals surface area (Å²) in [5, 5.41) is 15.5. The average molecular weight is 368 g/mol. The van der Waals surface area contributed by atoms with Gasteiger partial charge in [0.05, 0.1) is 18.5 Å². The van der Waals surface area contributed by atoms with E-state index in [4.69, 9.17) is 0 Å². The Bertz CT molecular complexity index is 814. The second kappa shape index (κ2) is 7.29. The summed E-state index contributed by atoms with van der Waals surface area (Å²) in [6.45, 7) is 7.00. The molecule has 1 fully saturated rings. The van der Waals surface area contributed by atoms with Gasteiger partial charge in [0.25, 0.3) is 0 Å². The van der Waals surface area contributed by atoms with Crippen LogP contribution in [0.1, 0.15) is 69.8 Å². The number of aromatic nitrogens is 4. The number of amides is 1. The molecule has 1 aliphatic heterocycles. The zero-order chi connectivity index (χ0) is 19.0. The van der Waals surface area contributed by atoms with E-state index in [0.717, 1.165) is 42.8 Å². The Hall–Kier alpha value is -2.44. The third-order valence-corrected chi connectivity index (χ3v) is 5.81. The van der Waals surface area contributed by atoms with Gasteiger partial charge in [-0.15, -0.1) is 5.10 Å². The Kier molecular flexibility index (Phi) is 4.85. The van der Waals surface area contributed by atoms with E-state index in [1.165, 1.54) is 0 Å². The van der Waals surface area contributed by atoms with Gasteiger partial charge in [0.1, 0.15) is 0 Å². The predicted octanol–water partition coefficient (Wildman–Crippen LogP) is 2.81. The van der Waals surface area contributed by atoms with Crippen molar-refractivity contribution in [1.82, 2.24) is 25.5 Å². The number of para-hydroxylation sites is 1. The molecule has 1 aromatic heterocycles. The van der Waals surface area contributed by atoms with Crippen molar-refractivity contribution in [3.63, 3.8) is 0 Å². The first kappa shape index (κ1) is 17.9.